The van der Waals surface area contributed by atoms with Crippen molar-refractivity contribution in [2.24, 2.45) is 11.8 Å². The van der Waals surface area contributed by atoms with Crippen molar-refractivity contribution < 1.29 is 13.2 Å². The smallest absolute Gasteiger partial charge is 0.240 e. The van der Waals surface area contributed by atoms with Gasteiger partial charge in [0.05, 0.1) is 11.5 Å². The summed E-state index contributed by atoms with van der Waals surface area (Å²) in [5, 5.41) is 0. The van der Waals surface area contributed by atoms with Gasteiger partial charge >= 0.3 is 0 Å². The molecule has 0 amide bonds. The van der Waals surface area contributed by atoms with E-state index in [0.29, 0.717) is 29.1 Å². The lowest BCUT2D eigenvalue weighted by molar-refractivity contribution is 0.271. The van der Waals surface area contributed by atoms with Crippen LogP contribution in [0.2, 0.25) is 0 Å². The minimum Gasteiger partial charge on any atom is -0.493 e. The number of hydrogen-bond acceptors (Lipinski definition) is 3. The van der Waals surface area contributed by atoms with Crippen molar-refractivity contribution >= 4 is 10.0 Å². The number of sulfonamides is 1. The zero-order valence-corrected chi connectivity index (χ0v) is 13.8. The molecule has 2 atom stereocenters. The molecule has 1 fully saturated rings. The Hall–Kier alpha value is -1.07. The summed E-state index contributed by atoms with van der Waals surface area (Å²) in [6.07, 6.45) is 2.94. The highest BCUT2D eigenvalue weighted by molar-refractivity contribution is 7.89. The van der Waals surface area contributed by atoms with Gasteiger partial charge in [0.15, 0.2) is 0 Å². The van der Waals surface area contributed by atoms with Crippen molar-refractivity contribution in [1.82, 2.24) is 4.72 Å². The number of nitrogens with one attached hydrogen (secondary N) is 1. The van der Waals surface area contributed by atoms with Gasteiger partial charge < -0.3 is 4.74 Å². The predicted octanol–water partition coefficient (Wildman–Crippen LogP) is 3.19. The van der Waals surface area contributed by atoms with Crippen LogP contribution in [-0.2, 0) is 10.0 Å². The average Bonchev–Trinajstić information content (AvgIpc) is 2.81. The minimum atomic E-state index is -3.42. The molecule has 0 aliphatic heterocycles. The fourth-order valence-corrected chi connectivity index (χ4v) is 3.86. The Balaban J connectivity index is 1.99. The number of hydrogen-bond donors (Lipinski definition) is 1. The standard InChI is InChI=1S/C16H25NO3S/c1-12(2)11-20-15-6-8-16(9-7-15)21(18,19)17-14-5-4-13(3)10-14/h6-9,12-14,17H,4-5,10-11H2,1-3H3. The van der Waals surface area contributed by atoms with Crippen LogP contribution in [0, 0.1) is 11.8 Å². The molecule has 4 nitrogen and oxygen atoms in total. The van der Waals surface area contributed by atoms with Crippen molar-refractivity contribution in [3.63, 3.8) is 0 Å². The van der Waals surface area contributed by atoms with Gasteiger partial charge in [-0.15, -0.1) is 0 Å². The summed E-state index contributed by atoms with van der Waals surface area (Å²) in [6.45, 7) is 6.94. The van der Waals surface area contributed by atoms with Gasteiger partial charge in [-0.3, -0.25) is 0 Å². The maximum atomic E-state index is 12.3. The van der Waals surface area contributed by atoms with E-state index in [1.165, 1.54) is 0 Å². The van der Waals surface area contributed by atoms with Crippen LogP contribution >= 0.6 is 0 Å². The molecule has 21 heavy (non-hydrogen) atoms. The number of benzene rings is 1. The summed E-state index contributed by atoms with van der Waals surface area (Å²) in [7, 11) is -3.42. The van der Waals surface area contributed by atoms with Gasteiger partial charge in [-0.25, -0.2) is 13.1 Å². The lowest BCUT2D eigenvalue weighted by Crippen LogP contribution is -2.32. The van der Waals surface area contributed by atoms with Gasteiger partial charge in [0.2, 0.25) is 10.0 Å². The Morgan fingerprint density at radius 3 is 2.43 bits per heavy atom. The van der Waals surface area contributed by atoms with Crippen LogP contribution in [0.4, 0.5) is 0 Å². The van der Waals surface area contributed by atoms with Crippen molar-refractivity contribution in [2.45, 2.75) is 51.0 Å². The molecule has 0 bridgehead atoms. The molecule has 1 N–H and O–H groups in total. The predicted molar refractivity (Wildman–Crippen MR) is 83.9 cm³/mol. The highest BCUT2D eigenvalue weighted by Crippen LogP contribution is 2.26. The third-order valence-corrected chi connectivity index (χ3v) is 5.27. The van der Waals surface area contributed by atoms with Crippen LogP contribution in [0.3, 0.4) is 0 Å². The molecular formula is C16H25NO3S. The Labute approximate surface area is 127 Å². The molecule has 2 rings (SSSR count). The Morgan fingerprint density at radius 2 is 1.90 bits per heavy atom. The Kier molecular flexibility index (Phi) is 5.27. The van der Waals surface area contributed by atoms with Crippen molar-refractivity contribution in [1.29, 1.82) is 0 Å². The largest absolute Gasteiger partial charge is 0.493 e. The molecular weight excluding hydrogens is 286 g/mol. The first kappa shape index (κ1) is 16.3. The van der Waals surface area contributed by atoms with Gasteiger partial charge in [-0.05, 0) is 55.4 Å². The van der Waals surface area contributed by atoms with Crippen LogP contribution < -0.4 is 9.46 Å². The van der Waals surface area contributed by atoms with E-state index in [1.54, 1.807) is 24.3 Å². The molecule has 0 saturated heterocycles. The molecule has 2 unspecified atom stereocenters. The Morgan fingerprint density at radius 1 is 1.24 bits per heavy atom. The van der Waals surface area contributed by atoms with Gasteiger partial charge in [-0.2, -0.15) is 0 Å². The van der Waals surface area contributed by atoms with E-state index in [0.717, 1.165) is 19.3 Å². The fourth-order valence-electron chi connectivity index (χ4n) is 2.58. The van der Waals surface area contributed by atoms with E-state index >= 15 is 0 Å². The normalized spacial score (nSPS) is 22.7. The van der Waals surface area contributed by atoms with Gasteiger partial charge in [0.25, 0.3) is 0 Å². The summed E-state index contributed by atoms with van der Waals surface area (Å²) in [6, 6.07) is 6.72. The fraction of sp³-hybridized carbons (Fsp3) is 0.625. The first-order valence-corrected chi connectivity index (χ1v) is 9.10. The zero-order chi connectivity index (χ0) is 15.5. The molecule has 5 heteroatoms. The monoisotopic (exact) mass is 311 g/mol. The van der Waals surface area contributed by atoms with E-state index in [9.17, 15) is 8.42 Å². The second-order valence-electron chi connectivity index (χ2n) is 6.41. The number of ether oxygens (including phenoxy) is 1. The minimum absolute atomic E-state index is 0.0712. The van der Waals surface area contributed by atoms with E-state index < -0.39 is 10.0 Å². The SMILES string of the molecule is CC(C)COc1ccc(S(=O)(=O)NC2CCC(C)C2)cc1. The summed E-state index contributed by atoms with van der Waals surface area (Å²) in [5.74, 6) is 1.75. The summed E-state index contributed by atoms with van der Waals surface area (Å²) >= 11 is 0. The van der Waals surface area contributed by atoms with Crippen LogP contribution in [0.5, 0.6) is 5.75 Å². The first-order chi connectivity index (χ1) is 9.87. The molecule has 118 valence electrons. The van der Waals surface area contributed by atoms with Gasteiger partial charge in [-0.1, -0.05) is 20.8 Å². The summed E-state index contributed by atoms with van der Waals surface area (Å²) in [4.78, 5) is 0.305. The van der Waals surface area contributed by atoms with E-state index in [2.05, 4.69) is 25.5 Å². The maximum Gasteiger partial charge on any atom is 0.240 e. The highest BCUT2D eigenvalue weighted by atomic mass is 32.2. The van der Waals surface area contributed by atoms with Crippen LogP contribution in [0.25, 0.3) is 0 Å². The Bertz CT molecular complexity index is 551. The molecule has 0 aromatic heterocycles. The van der Waals surface area contributed by atoms with Crippen molar-refractivity contribution in [3.8, 4) is 5.75 Å². The van der Waals surface area contributed by atoms with Crippen molar-refractivity contribution in [2.75, 3.05) is 6.61 Å². The van der Waals surface area contributed by atoms with Crippen LogP contribution in [0.15, 0.2) is 29.2 Å². The number of rotatable bonds is 6. The lowest BCUT2D eigenvalue weighted by atomic mass is 10.1. The molecule has 1 aromatic rings. The first-order valence-electron chi connectivity index (χ1n) is 7.62. The summed E-state index contributed by atoms with van der Waals surface area (Å²) < 4.78 is 33.0. The maximum absolute atomic E-state index is 12.3. The average molecular weight is 311 g/mol. The molecule has 0 radical (unpaired) electrons. The second kappa shape index (κ2) is 6.79. The topological polar surface area (TPSA) is 55.4 Å². The van der Waals surface area contributed by atoms with Crippen LogP contribution in [0.1, 0.15) is 40.0 Å². The molecule has 1 aliphatic carbocycles. The van der Waals surface area contributed by atoms with E-state index in [4.69, 9.17) is 4.74 Å². The highest BCUT2D eigenvalue weighted by Gasteiger charge is 2.26. The third kappa shape index (κ3) is 4.71. The molecule has 0 heterocycles. The van der Waals surface area contributed by atoms with Gasteiger partial charge in [0.1, 0.15) is 5.75 Å². The zero-order valence-electron chi connectivity index (χ0n) is 13.0. The van der Waals surface area contributed by atoms with E-state index in [1.807, 2.05) is 0 Å². The summed E-state index contributed by atoms with van der Waals surface area (Å²) in [5.41, 5.74) is 0. The molecule has 0 spiro atoms. The molecule has 1 aromatic carbocycles. The second-order valence-corrected chi connectivity index (χ2v) is 8.13. The lowest BCUT2D eigenvalue weighted by Gasteiger charge is -2.14. The third-order valence-electron chi connectivity index (χ3n) is 3.73. The van der Waals surface area contributed by atoms with E-state index in [-0.39, 0.29) is 6.04 Å². The van der Waals surface area contributed by atoms with Crippen molar-refractivity contribution in [3.05, 3.63) is 24.3 Å². The molecule has 1 saturated carbocycles. The van der Waals surface area contributed by atoms with Gasteiger partial charge in [0, 0.05) is 6.04 Å². The molecule has 1 aliphatic rings. The quantitative estimate of drug-likeness (QED) is 0.878. The van der Waals surface area contributed by atoms with Crippen LogP contribution in [-0.4, -0.2) is 21.1 Å².